The number of carbonyl (C=O) groups excluding carboxylic acids is 1. The smallest absolute Gasteiger partial charge is 0.440 e. The van der Waals surface area contributed by atoms with Gasteiger partial charge in [-0.05, 0) is 25.1 Å². The van der Waals surface area contributed by atoms with Crippen LogP contribution in [0.4, 0.5) is 26.7 Å². The summed E-state index contributed by atoms with van der Waals surface area (Å²) in [7, 11) is 1.06. The largest absolute Gasteiger partial charge is 0.451 e. The van der Waals surface area contributed by atoms with Crippen molar-refractivity contribution < 1.29 is 41.2 Å². The topological polar surface area (TPSA) is 69.2 Å². The van der Waals surface area contributed by atoms with E-state index in [-0.39, 0.29) is 22.6 Å². The number of hydrogen-bond acceptors (Lipinski definition) is 5. The Morgan fingerprint density at radius 1 is 1.17 bits per heavy atom. The molecule has 0 heterocycles. The first-order valence-electron chi connectivity index (χ1n) is 8.38. The number of oxime groups is 1. The molecule has 0 aliphatic heterocycles. The Morgan fingerprint density at radius 2 is 1.87 bits per heavy atom. The molecule has 0 unspecified atom stereocenters. The zero-order valence-corrected chi connectivity index (χ0v) is 15.8. The quantitative estimate of drug-likeness (QED) is 0.369. The second kappa shape index (κ2) is 9.90. The number of hydroxylamine groups is 1. The summed E-state index contributed by atoms with van der Waals surface area (Å²) in [5, 5.41) is 3.73. The van der Waals surface area contributed by atoms with E-state index in [2.05, 4.69) is 9.89 Å². The summed E-state index contributed by atoms with van der Waals surface area (Å²) < 4.78 is 69.5. The maximum atomic E-state index is 13.1. The molecule has 0 bridgehead atoms. The van der Waals surface area contributed by atoms with Gasteiger partial charge in [0.1, 0.15) is 6.61 Å². The molecule has 2 aromatic rings. The zero-order valence-electron chi connectivity index (χ0n) is 15.8. The van der Waals surface area contributed by atoms with E-state index < -0.39 is 36.4 Å². The van der Waals surface area contributed by atoms with E-state index in [1.165, 1.54) is 37.3 Å². The number of benzene rings is 2. The van der Waals surface area contributed by atoms with Gasteiger partial charge in [0, 0.05) is 11.1 Å². The lowest BCUT2D eigenvalue weighted by atomic mass is 10.1. The summed E-state index contributed by atoms with van der Waals surface area (Å²) in [5.41, 5.74) is 0.838. The number of alkyl halides is 5. The van der Waals surface area contributed by atoms with Crippen LogP contribution in [0.15, 0.2) is 47.6 Å². The number of rotatable bonds is 7. The fourth-order valence-electron chi connectivity index (χ4n) is 2.34. The molecule has 6 nitrogen and oxygen atoms in total. The van der Waals surface area contributed by atoms with Crippen LogP contribution in [0, 0.1) is 0 Å². The van der Waals surface area contributed by atoms with E-state index in [1.54, 1.807) is 0 Å². The summed E-state index contributed by atoms with van der Waals surface area (Å²) in [4.78, 5) is 20.9. The number of amides is 1. The van der Waals surface area contributed by atoms with Crippen LogP contribution in [0.5, 0.6) is 5.75 Å². The average molecular weight is 432 g/mol. The van der Waals surface area contributed by atoms with Gasteiger partial charge in [-0.1, -0.05) is 29.4 Å². The minimum Gasteiger partial charge on any atom is -0.451 e. The van der Waals surface area contributed by atoms with Crippen molar-refractivity contribution in [2.45, 2.75) is 26.1 Å². The Hall–Kier alpha value is -3.37. The molecule has 1 amide bonds. The van der Waals surface area contributed by atoms with Crippen LogP contribution in [0.3, 0.4) is 0 Å². The number of carbonyl (C=O) groups is 1. The van der Waals surface area contributed by atoms with Crippen molar-refractivity contribution in [2.75, 3.05) is 7.11 Å². The van der Waals surface area contributed by atoms with Crippen molar-refractivity contribution in [3.05, 3.63) is 64.7 Å². The molecule has 0 saturated carbocycles. The van der Waals surface area contributed by atoms with Gasteiger partial charge in [-0.2, -0.15) is 18.7 Å². The Bertz CT molecular complexity index is 916. The molecule has 1 N–H and O–H groups in total. The fourth-order valence-corrected chi connectivity index (χ4v) is 2.34. The molecule has 0 spiro atoms. The van der Waals surface area contributed by atoms with E-state index in [1.807, 2.05) is 5.48 Å². The molecule has 0 aliphatic carbocycles. The van der Waals surface area contributed by atoms with Gasteiger partial charge in [-0.15, -0.1) is 0 Å². The van der Waals surface area contributed by atoms with Crippen LogP contribution >= 0.6 is 0 Å². The lowest BCUT2D eigenvalue weighted by Gasteiger charge is -2.13. The molecule has 0 saturated heterocycles. The van der Waals surface area contributed by atoms with Gasteiger partial charge < -0.3 is 14.4 Å². The number of halogens is 5. The number of hydrogen-bond donors (Lipinski definition) is 1. The van der Waals surface area contributed by atoms with Gasteiger partial charge in [0.2, 0.25) is 0 Å². The third-order valence-electron chi connectivity index (χ3n) is 3.84. The van der Waals surface area contributed by atoms with Gasteiger partial charge in [-0.25, -0.2) is 13.6 Å². The molecule has 11 heteroatoms. The van der Waals surface area contributed by atoms with E-state index >= 15 is 0 Å². The van der Waals surface area contributed by atoms with Crippen molar-refractivity contribution in [2.24, 2.45) is 5.16 Å². The lowest BCUT2D eigenvalue weighted by Crippen LogP contribution is -2.27. The van der Waals surface area contributed by atoms with E-state index in [0.717, 1.165) is 19.2 Å². The highest BCUT2D eigenvalue weighted by atomic mass is 19.4. The molecular weight excluding hydrogens is 415 g/mol. The summed E-state index contributed by atoms with van der Waals surface area (Å²) in [6, 6.07) is 8.42. The van der Waals surface area contributed by atoms with Crippen LogP contribution in [-0.2, 0) is 22.4 Å². The fraction of sp³-hybridized carbons (Fsp3) is 0.263. The highest BCUT2D eigenvalue weighted by molar-refractivity contribution is 5.98. The van der Waals surface area contributed by atoms with Crippen molar-refractivity contribution in [1.82, 2.24) is 5.48 Å². The molecule has 0 atom stereocenters. The third kappa shape index (κ3) is 6.06. The molecule has 2 aromatic carbocycles. The Kier molecular flexibility index (Phi) is 7.56. The van der Waals surface area contributed by atoms with E-state index in [9.17, 15) is 26.7 Å². The van der Waals surface area contributed by atoms with Gasteiger partial charge in [0.15, 0.2) is 5.75 Å². The number of nitrogens with zero attached hydrogens (tertiary/aromatic N) is 1. The highest BCUT2D eigenvalue weighted by Crippen LogP contribution is 2.32. The summed E-state index contributed by atoms with van der Waals surface area (Å²) in [6.07, 6.45) is -8.43. The van der Waals surface area contributed by atoms with Crippen molar-refractivity contribution in [1.29, 1.82) is 0 Å². The Balaban J connectivity index is 2.17. The Labute approximate surface area is 168 Å². The summed E-state index contributed by atoms with van der Waals surface area (Å²) >= 11 is 0. The van der Waals surface area contributed by atoms with E-state index in [0.29, 0.717) is 0 Å². The monoisotopic (exact) mass is 432 g/mol. The predicted molar refractivity (Wildman–Crippen MR) is 96.0 cm³/mol. The first kappa shape index (κ1) is 22.9. The first-order valence-corrected chi connectivity index (χ1v) is 8.38. The van der Waals surface area contributed by atoms with Crippen LogP contribution in [0.1, 0.15) is 35.6 Å². The molecule has 0 aromatic heterocycles. The van der Waals surface area contributed by atoms with Gasteiger partial charge in [0.05, 0.1) is 23.9 Å². The number of ether oxygens (including phenoxy) is 1. The maximum Gasteiger partial charge on any atom is 0.440 e. The van der Waals surface area contributed by atoms with Gasteiger partial charge >= 0.3 is 12.3 Å². The average Bonchev–Trinajstić information content (AvgIpc) is 2.71. The SMILES string of the molecule is COC(=O)NOc1cc(/C(C)=N/OCc2ccccc2C(F)(F)F)ccc1C(F)F. The van der Waals surface area contributed by atoms with Crippen LogP contribution in [-0.4, -0.2) is 18.9 Å². The van der Waals surface area contributed by atoms with Crippen molar-refractivity contribution >= 4 is 11.8 Å². The van der Waals surface area contributed by atoms with Crippen LogP contribution in [0.2, 0.25) is 0 Å². The first-order chi connectivity index (χ1) is 14.1. The minimum atomic E-state index is -4.54. The molecule has 2 rings (SSSR count). The third-order valence-corrected chi connectivity index (χ3v) is 3.84. The van der Waals surface area contributed by atoms with Gasteiger partial charge in [0.25, 0.3) is 6.43 Å². The highest BCUT2D eigenvalue weighted by Gasteiger charge is 2.33. The molecule has 0 radical (unpaired) electrons. The van der Waals surface area contributed by atoms with Crippen molar-refractivity contribution in [3.63, 3.8) is 0 Å². The number of methoxy groups -OCH3 is 1. The van der Waals surface area contributed by atoms with Crippen LogP contribution in [0.25, 0.3) is 0 Å². The predicted octanol–water partition coefficient (Wildman–Crippen LogP) is 5.23. The molecule has 162 valence electrons. The number of nitrogens with one attached hydrogen (secondary N) is 1. The molecule has 0 aliphatic rings. The summed E-state index contributed by atoms with van der Waals surface area (Å²) in [5.74, 6) is -0.357. The molecular formula is C19H17F5N2O4. The second-order valence-corrected chi connectivity index (χ2v) is 5.85. The molecule has 30 heavy (non-hydrogen) atoms. The van der Waals surface area contributed by atoms with Crippen molar-refractivity contribution in [3.8, 4) is 5.75 Å². The lowest BCUT2D eigenvalue weighted by molar-refractivity contribution is -0.138. The summed E-state index contributed by atoms with van der Waals surface area (Å²) in [6.45, 7) is 1.01. The normalized spacial score (nSPS) is 11.9. The zero-order chi connectivity index (χ0) is 22.3. The Morgan fingerprint density at radius 3 is 2.50 bits per heavy atom. The molecule has 0 fully saturated rings. The van der Waals surface area contributed by atoms with Crippen LogP contribution < -0.4 is 10.3 Å². The standard InChI is InChI=1S/C19H17F5N2O4/c1-11(25-29-10-13-5-3-4-6-15(13)19(22,23)24)12-7-8-14(17(20)21)16(9-12)30-26-18(27)28-2/h3-9,17H,10H2,1-2H3,(H,26,27)/b25-11+. The maximum absolute atomic E-state index is 13.1. The van der Waals surface area contributed by atoms with Gasteiger partial charge in [-0.3, -0.25) is 0 Å². The van der Waals surface area contributed by atoms with E-state index in [4.69, 9.17) is 9.68 Å². The minimum absolute atomic E-state index is 0.110. The second-order valence-electron chi connectivity index (χ2n) is 5.85.